The molecule has 1 saturated carbocycles. The number of carbonyl (C=O) groups excluding carboxylic acids is 1. The lowest BCUT2D eigenvalue weighted by molar-refractivity contribution is 0.0941. The van der Waals surface area contributed by atoms with Crippen molar-refractivity contribution < 1.29 is 17.6 Å². The first-order chi connectivity index (χ1) is 9.12. The van der Waals surface area contributed by atoms with Gasteiger partial charge in [-0.1, -0.05) is 22.9 Å². The average Bonchev–Trinajstić information content (AvgIpc) is 3.06. The number of nitrogens with two attached hydrogens (primary N) is 1. The molecule has 0 unspecified atom stereocenters. The molecule has 2 rings (SSSR count). The van der Waals surface area contributed by atoms with Crippen LogP contribution in [0.4, 0.5) is 4.39 Å². The van der Waals surface area contributed by atoms with Crippen LogP contribution >= 0.6 is 15.9 Å². The highest BCUT2D eigenvalue weighted by Gasteiger charge is 2.37. The second-order valence-electron chi connectivity index (χ2n) is 5.30. The molecule has 1 aliphatic carbocycles. The molecule has 0 spiro atoms. The Morgan fingerprint density at radius 3 is 2.60 bits per heavy atom. The molecule has 8 heteroatoms. The summed E-state index contributed by atoms with van der Waals surface area (Å²) >= 11 is 3.04. The predicted octanol–water partition coefficient (Wildman–Crippen LogP) is 1.77. The van der Waals surface area contributed by atoms with Crippen molar-refractivity contribution in [1.29, 1.82) is 0 Å². The van der Waals surface area contributed by atoms with E-state index in [0.29, 0.717) is 6.54 Å². The van der Waals surface area contributed by atoms with Gasteiger partial charge in [0.2, 0.25) is 10.0 Å². The molecule has 0 radical (unpaired) electrons. The van der Waals surface area contributed by atoms with Gasteiger partial charge in [-0.3, -0.25) is 4.79 Å². The fourth-order valence-corrected chi connectivity index (χ4v) is 2.98. The summed E-state index contributed by atoms with van der Waals surface area (Å²) in [5.41, 5.74) is -0.270. The van der Waals surface area contributed by atoms with E-state index in [9.17, 15) is 17.6 Å². The normalized spacial score (nSPS) is 16.8. The maximum atomic E-state index is 14.1. The van der Waals surface area contributed by atoms with Crippen LogP contribution in [0.15, 0.2) is 21.5 Å². The Bertz CT molecular complexity index is 672. The summed E-state index contributed by atoms with van der Waals surface area (Å²) in [7, 11) is -4.23. The van der Waals surface area contributed by atoms with Crippen molar-refractivity contribution in [3.8, 4) is 0 Å². The number of carbonyl (C=O) groups is 1. The van der Waals surface area contributed by atoms with E-state index in [1.807, 2.05) is 6.92 Å². The summed E-state index contributed by atoms with van der Waals surface area (Å²) in [6.45, 7) is 2.45. The molecule has 1 aromatic carbocycles. The summed E-state index contributed by atoms with van der Waals surface area (Å²) in [5, 5.41) is 7.54. The first-order valence-corrected chi connectivity index (χ1v) is 8.26. The minimum Gasteiger partial charge on any atom is -0.351 e. The van der Waals surface area contributed by atoms with Crippen LogP contribution in [-0.4, -0.2) is 20.9 Å². The molecule has 0 heterocycles. The van der Waals surface area contributed by atoms with Gasteiger partial charge in [-0.15, -0.1) is 0 Å². The number of hydrogen-bond acceptors (Lipinski definition) is 3. The number of amides is 1. The zero-order valence-electron chi connectivity index (χ0n) is 10.7. The second kappa shape index (κ2) is 5.09. The maximum absolute atomic E-state index is 14.1. The smallest absolute Gasteiger partial charge is 0.254 e. The van der Waals surface area contributed by atoms with E-state index in [1.54, 1.807) is 0 Å². The third kappa shape index (κ3) is 3.36. The highest BCUT2D eigenvalue weighted by molar-refractivity contribution is 9.10. The number of halogens is 2. The summed E-state index contributed by atoms with van der Waals surface area (Å²) in [6, 6.07) is 2.26. The lowest BCUT2D eigenvalue weighted by Gasteiger charge is -2.12. The van der Waals surface area contributed by atoms with Crippen molar-refractivity contribution in [2.75, 3.05) is 6.54 Å². The van der Waals surface area contributed by atoms with Crippen molar-refractivity contribution in [3.05, 3.63) is 28.0 Å². The van der Waals surface area contributed by atoms with E-state index in [2.05, 4.69) is 21.2 Å². The Kier molecular flexibility index (Phi) is 3.92. The number of primary sulfonamides is 1. The zero-order valence-corrected chi connectivity index (χ0v) is 13.1. The molecule has 5 nitrogen and oxygen atoms in total. The molecule has 3 N–H and O–H groups in total. The Balaban J connectivity index is 2.31. The minimum absolute atomic E-state index is 0.0704. The number of rotatable bonds is 4. The van der Waals surface area contributed by atoms with E-state index in [4.69, 9.17) is 5.14 Å². The monoisotopic (exact) mass is 364 g/mol. The molecule has 110 valence electrons. The minimum atomic E-state index is -4.23. The molecule has 1 aliphatic rings. The van der Waals surface area contributed by atoms with Crippen molar-refractivity contribution in [3.63, 3.8) is 0 Å². The molecule has 0 bridgehead atoms. The van der Waals surface area contributed by atoms with Crippen LogP contribution in [-0.2, 0) is 10.0 Å². The van der Waals surface area contributed by atoms with E-state index in [0.717, 1.165) is 18.9 Å². The third-order valence-corrected chi connectivity index (χ3v) is 4.70. The van der Waals surface area contributed by atoms with Crippen molar-refractivity contribution >= 4 is 31.9 Å². The Hall–Kier alpha value is -0.990. The second-order valence-corrected chi connectivity index (χ2v) is 7.75. The first-order valence-electron chi connectivity index (χ1n) is 5.92. The van der Waals surface area contributed by atoms with Gasteiger partial charge in [0.05, 0.1) is 5.56 Å². The molecule has 1 amide bonds. The first kappa shape index (κ1) is 15.4. The Morgan fingerprint density at radius 1 is 1.50 bits per heavy atom. The van der Waals surface area contributed by atoms with Crippen molar-refractivity contribution in [1.82, 2.24) is 5.32 Å². The lowest BCUT2D eigenvalue weighted by atomic mass is 10.1. The van der Waals surface area contributed by atoms with Crippen LogP contribution in [0.5, 0.6) is 0 Å². The van der Waals surface area contributed by atoms with Crippen LogP contribution in [0.2, 0.25) is 0 Å². The zero-order chi connectivity index (χ0) is 15.1. The van der Waals surface area contributed by atoms with Crippen LogP contribution in [0.3, 0.4) is 0 Å². The maximum Gasteiger partial charge on any atom is 0.254 e. The highest BCUT2D eigenvalue weighted by atomic mass is 79.9. The summed E-state index contributed by atoms with van der Waals surface area (Å²) in [4.78, 5) is 11.3. The van der Waals surface area contributed by atoms with Crippen LogP contribution in [0, 0.1) is 11.2 Å². The number of sulfonamides is 1. The lowest BCUT2D eigenvalue weighted by Crippen LogP contribution is -2.30. The fourth-order valence-electron chi connectivity index (χ4n) is 1.72. The van der Waals surface area contributed by atoms with E-state index in [-0.39, 0.29) is 15.5 Å². The topological polar surface area (TPSA) is 89.3 Å². The van der Waals surface area contributed by atoms with Gasteiger partial charge in [-0.2, -0.15) is 0 Å². The standard InChI is InChI=1S/C12H14BrFN2O3S/c1-12(2-3-12)6-16-11(17)8-4-7(13)5-9(10(8)14)20(15,18)19/h4-5H,2-3,6H2,1H3,(H,16,17)(H2,15,18,19). The molecular weight excluding hydrogens is 351 g/mol. The van der Waals surface area contributed by atoms with Crippen molar-refractivity contribution in [2.24, 2.45) is 10.6 Å². The Morgan fingerprint density at radius 2 is 2.10 bits per heavy atom. The predicted molar refractivity (Wildman–Crippen MR) is 75.1 cm³/mol. The van der Waals surface area contributed by atoms with Gasteiger partial charge in [0.15, 0.2) is 5.82 Å². The van der Waals surface area contributed by atoms with Crippen LogP contribution in [0.25, 0.3) is 0 Å². The van der Waals surface area contributed by atoms with Gasteiger partial charge in [0, 0.05) is 11.0 Å². The summed E-state index contributed by atoms with van der Waals surface area (Å²) in [5.74, 6) is -1.78. The molecule has 0 atom stereocenters. The van der Waals surface area contributed by atoms with E-state index in [1.165, 1.54) is 6.07 Å². The van der Waals surface area contributed by atoms with Crippen molar-refractivity contribution in [2.45, 2.75) is 24.7 Å². The SMILES string of the molecule is CC1(CNC(=O)c2cc(Br)cc(S(N)(=O)=O)c2F)CC1. The molecule has 1 fully saturated rings. The quantitative estimate of drug-likeness (QED) is 0.852. The summed E-state index contributed by atoms with van der Waals surface area (Å²) < 4.78 is 36.9. The Labute approximate surface area is 124 Å². The molecular formula is C12H14BrFN2O3S. The van der Waals surface area contributed by atoms with Gasteiger partial charge in [0.1, 0.15) is 4.90 Å². The number of hydrogen-bond donors (Lipinski definition) is 2. The molecule has 0 aromatic heterocycles. The van der Waals surface area contributed by atoms with E-state index >= 15 is 0 Å². The number of nitrogens with one attached hydrogen (secondary N) is 1. The van der Waals surface area contributed by atoms with E-state index < -0.39 is 26.6 Å². The van der Waals surface area contributed by atoms with Crippen LogP contribution in [0.1, 0.15) is 30.1 Å². The molecule has 1 aromatic rings. The molecule has 20 heavy (non-hydrogen) atoms. The van der Waals surface area contributed by atoms with Crippen LogP contribution < -0.4 is 10.5 Å². The number of benzene rings is 1. The molecule has 0 aliphatic heterocycles. The van der Waals surface area contributed by atoms with Gasteiger partial charge < -0.3 is 5.32 Å². The summed E-state index contributed by atoms with van der Waals surface area (Å²) in [6.07, 6.45) is 2.02. The van der Waals surface area contributed by atoms with Gasteiger partial charge in [-0.25, -0.2) is 17.9 Å². The van der Waals surface area contributed by atoms with Gasteiger partial charge in [-0.05, 0) is 30.4 Å². The largest absolute Gasteiger partial charge is 0.351 e. The fraction of sp³-hybridized carbons (Fsp3) is 0.417. The highest BCUT2D eigenvalue weighted by Crippen LogP contribution is 2.44. The van der Waals surface area contributed by atoms with Gasteiger partial charge >= 0.3 is 0 Å². The molecule has 0 saturated heterocycles. The third-order valence-electron chi connectivity index (χ3n) is 3.33. The average molecular weight is 365 g/mol. The van der Waals surface area contributed by atoms with Gasteiger partial charge in [0.25, 0.3) is 5.91 Å².